The van der Waals surface area contributed by atoms with Gasteiger partial charge in [0, 0.05) is 18.1 Å². The first-order valence-electron chi connectivity index (χ1n) is 9.63. The second-order valence-corrected chi connectivity index (χ2v) is 10.8. The van der Waals surface area contributed by atoms with Crippen molar-refractivity contribution in [3.05, 3.63) is 90.0 Å². The molecule has 0 amide bonds. The summed E-state index contributed by atoms with van der Waals surface area (Å²) in [6.45, 7) is 0. The number of hydrogen-bond acceptors (Lipinski definition) is 7. The first-order valence-corrected chi connectivity index (χ1v) is 12.5. The zero-order chi connectivity index (χ0) is 23.8. The highest BCUT2D eigenvalue weighted by Gasteiger charge is 2.38. The lowest BCUT2D eigenvalue weighted by molar-refractivity contribution is 0.261. The third-order valence-electron chi connectivity index (χ3n) is 5.19. The fourth-order valence-electron chi connectivity index (χ4n) is 3.61. The van der Waals surface area contributed by atoms with Crippen molar-refractivity contribution >= 4 is 31.1 Å². The fraction of sp³-hybridized carbons (Fsp3) is 0.0435. The Bertz CT molecular complexity index is 1500. The Balaban J connectivity index is 1.90. The molecule has 1 unspecified atom stereocenters. The molecule has 0 aliphatic rings. The van der Waals surface area contributed by atoms with Gasteiger partial charge in [-0.05, 0) is 73.4 Å². The molecule has 0 aliphatic carbocycles. The number of aromatic hydroxyl groups is 2. The van der Waals surface area contributed by atoms with E-state index in [2.05, 4.69) is 4.28 Å². The number of sulfone groups is 1. The molecule has 1 radical (unpaired) electrons. The predicted octanol–water partition coefficient (Wildman–Crippen LogP) is 3.68. The van der Waals surface area contributed by atoms with E-state index < -0.39 is 20.3 Å². The van der Waals surface area contributed by atoms with Crippen molar-refractivity contribution in [2.75, 3.05) is 0 Å². The van der Waals surface area contributed by atoms with Gasteiger partial charge in [0.1, 0.15) is 11.5 Å². The summed E-state index contributed by atoms with van der Waals surface area (Å²) in [6.07, 6.45) is -0.149. The Morgan fingerprint density at radius 3 is 2.06 bits per heavy atom. The van der Waals surface area contributed by atoms with Crippen LogP contribution in [-0.4, -0.2) is 18.6 Å². The number of rotatable bonds is 6. The lowest BCUT2D eigenvalue weighted by Gasteiger charge is -2.13. The zero-order valence-corrected chi connectivity index (χ0v) is 18.7. The van der Waals surface area contributed by atoms with E-state index in [0.717, 1.165) is 5.39 Å². The second-order valence-electron chi connectivity index (χ2n) is 7.32. The average molecular weight is 486 g/mol. The van der Waals surface area contributed by atoms with Crippen LogP contribution in [0.5, 0.6) is 11.5 Å². The van der Waals surface area contributed by atoms with Gasteiger partial charge in [-0.3, -0.25) is 0 Å². The first kappa shape index (κ1) is 22.9. The molecule has 8 nitrogen and oxygen atoms in total. The zero-order valence-electron chi connectivity index (χ0n) is 17.0. The molecule has 0 saturated heterocycles. The maximum atomic E-state index is 13.3. The van der Waals surface area contributed by atoms with Crippen molar-refractivity contribution in [2.45, 2.75) is 21.1 Å². The van der Waals surface area contributed by atoms with Crippen LogP contribution in [0.15, 0.2) is 93.5 Å². The number of phenolic OH excluding ortho intramolecular Hbond substituents is 2. The van der Waals surface area contributed by atoms with E-state index in [1.807, 2.05) is 0 Å². The van der Waals surface area contributed by atoms with Crippen molar-refractivity contribution in [1.82, 2.24) is 0 Å². The Morgan fingerprint density at radius 1 is 0.818 bits per heavy atom. The van der Waals surface area contributed by atoms with Gasteiger partial charge in [-0.1, -0.05) is 24.3 Å². The lowest BCUT2D eigenvalue weighted by Crippen LogP contribution is -2.19. The van der Waals surface area contributed by atoms with Crippen LogP contribution in [0.2, 0.25) is 0 Å². The van der Waals surface area contributed by atoms with Crippen molar-refractivity contribution in [3.8, 4) is 11.5 Å². The summed E-state index contributed by atoms with van der Waals surface area (Å²) in [7, 11) is -8.36. The number of nitrogens with two attached hydrogens (primary N) is 1. The number of benzene rings is 4. The average Bonchev–Trinajstić information content (AvgIpc) is 2.78. The van der Waals surface area contributed by atoms with Gasteiger partial charge in [-0.2, -0.15) is 5.90 Å². The Hall–Kier alpha value is -3.28. The Kier molecular flexibility index (Phi) is 5.95. The van der Waals surface area contributed by atoms with Crippen LogP contribution in [0.1, 0.15) is 11.1 Å². The van der Waals surface area contributed by atoms with Gasteiger partial charge in [0.05, 0.1) is 14.3 Å². The monoisotopic (exact) mass is 485 g/mol. The fourth-order valence-corrected chi connectivity index (χ4v) is 5.91. The van der Waals surface area contributed by atoms with E-state index in [-0.39, 0.29) is 43.7 Å². The maximum absolute atomic E-state index is 13.3. The second kappa shape index (κ2) is 8.58. The van der Waals surface area contributed by atoms with Crippen molar-refractivity contribution < 1.29 is 31.7 Å². The highest BCUT2D eigenvalue weighted by Crippen LogP contribution is 2.33. The van der Waals surface area contributed by atoms with Crippen LogP contribution < -0.4 is 5.90 Å². The molecule has 10 heteroatoms. The standard InChI is InChI=1S/C23H19NO7S2/c24-31-33(29,30)23-14-16-4-2-1-3-15(16)11-17(23)12-18-13-20(26)7-10-22(18)32(27,28)21-8-5-19(25)6-9-21/h1-11,13-14,25-26H,12,24H2/q+1. The van der Waals surface area contributed by atoms with Crippen LogP contribution in [0.3, 0.4) is 0 Å². The highest BCUT2D eigenvalue weighted by atomic mass is 32.3. The highest BCUT2D eigenvalue weighted by molar-refractivity contribution is 7.93. The summed E-state index contributed by atoms with van der Waals surface area (Å²) in [4.78, 5) is -0.389. The Morgan fingerprint density at radius 2 is 1.42 bits per heavy atom. The molecule has 4 aromatic rings. The van der Waals surface area contributed by atoms with Crippen molar-refractivity contribution in [3.63, 3.8) is 0 Å². The number of hydrogen-bond donors (Lipinski definition) is 3. The molecule has 0 spiro atoms. The van der Waals surface area contributed by atoms with Gasteiger partial charge in [-0.15, -0.1) is 0 Å². The largest absolute Gasteiger partial charge is 0.508 e. The van der Waals surface area contributed by atoms with E-state index in [1.165, 1.54) is 48.5 Å². The third-order valence-corrected chi connectivity index (χ3v) is 8.23. The summed E-state index contributed by atoms with van der Waals surface area (Å²) in [5, 5.41) is 20.9. The maximum Gasteiger partial charge on any atom is 0.447 e. The van der Waals surface area contributed by atoms with Crippen LogP contribution in [0.25, 0.3) is 10.8 Å². The molecule has 0 heterocycles. The van der Waals surface area contributed by atoms with E-state index >= 15 is 0 Å². The minimum Gasteiger partial charge on any atom is -0.508 e. The van der Waals surface area contributed by atoms with Gasteiger partial charge >= 0.3 is 10.5 Å². The molecule has 169 valence electrons. The smallest absolute Gasteiger partial charge is 0.447 e. The van der Waals surface area contributed by atoms with Crippen molar-refractivity contribution in [1.29, 1.82) is 0 Å². The van der Waals surface area contributed by atoms with E-state index in [9.17, 15) is 27.4 Å². The van der Waals surface area contributed by atoms with Crippen LogP contribution in [0.4, 0.5) is 0 Å². The molecule has 0 fully saturated rings. The molecule has 4 aromatic carbocycles. The van der Waals surface area contributed by atoms with E-state index in [4.69, 9.17) is 5.90 Å². The topological polar surface area (TPSA) is 147 Å². The molecular weight excluding hydrogens is 466 g/mol. The minimum atomic E-state index is -4.32. The molecule has 4 rings (SSSR count). The summed E-state index contributed by atoms with van der Waals surface area (Å²) in [5.74, 6) is 4.74. The van der Waals surface area contributed by atoms with E-state index in [1.54, 1.807) is 30.3 Å². The molecule has 33 heavy (non-hydrogen) atoms. The molecule has 1 atom stereocenters. The predicted molar refractivity (Wildman–Crippen MR) is 121 cm³/mol. The molecule has 0 aliphatic heterocycles. The SMILES string of the molecule is NO[S+]([O])(=O)c1cc2ccccc2cc1Cc1cc(O)ccc1S(=O)(=O)c1ccc(O)cc1. The quantitative estimate of drug-likeness (QED) is 0.279. The lowest BCUT2D eigenvalue weighted by atomic mass is 10.0. The number of phenols is 2. The minimum absolute atomic E-state index is 0.0658. The van der Waals surface area contributed by atoms with Gasteiger partial charge in [0.2, 0.25) is 14.7 Å². The van der Waals surface area contributed by atoms with Gasteiger partial charge < -0.3 is 10.2 Å². The third kappa shape index (κ3) is 4.47. The van der Waals surface area contributed by atoms with Gasteiger partial charge in [0.25, 0.3) is 0 Å². The van der Waals surface area contributed by atoms with Crippen LogP contribution in [-0.2, 0) is 39.8 Å². The summed E-state index contributed by atoms with van der Waals surface area (Å²) in [6, 6.07) is 18.8. The summed E-state index contributed by atoms with van der Waals surface area (Å²) < 4.78 is 55.9. The van der Waals surface area contributed by atoms with Gasteiger partial charge in [-0.25, -0.2) is 8.42 Å². The molecule has 4 N–H and O–H groups in total. The normalized spacial score (nSPS) is 13.6. The molecular formula is C23H19NO7S2+. The number of fused-ring (bicyclic) bond motifs is 1. The van der Waals surface area contributed by atoms with E-state index in [0.29, 0.717) is 5.39 Å². The molecule has 0 saturated carbocycles. The summed E-state index contributed by atoms with van der Waals surface area (Å²) in [5.41, 5.74) is 0.415. The first-order chi connectivity index (χ1) is 15.6. The molecule has 0 bridgehead atoms. The van der Waals surface area contributed by atoms with Crippen molar-refractivity contribution in [2.24, 2.45) is 5.90 Å². The summed E-state index contributed by atoms with van der Waals surface area (Å²) >= 11 is 0. The van der Waals surface area contributed by atoms with Crippen LogP contribution >= 0.6 is 0 Å². The van der Waals surface area contributed by atoms with Crippen LogP contribution in [0, 0.1) is 0 Å². The Labute approximate surface area is 191 Å². The molecule has 0 aromatic heterocycles. The van der Waals surface area contributed by atoms with Gasteiger partial charge in [0.15, 0.2) is 0 Å².